The second-order valence-corrected chi connectivity index (χ2v) is 3.64. The molecule has 7 heteroatoms. The molecule has 0 saturated heterocycles. The van der Waals surface area contributed by atoms with Crippen LogP contribution in [0.25, 0.3) is 11.0 Å². The lowest BCUT2D eigenvalue weighted by molar-refractivity contribution is -0.145. The minimum Gasteiger partial charge on any atom is -0.482 e. The molecule has 96 valence electrons. The summed E-state index contributed by atoms with van der Waals surface area (Å²) in [6.45, 7) is 1.97. The van der Waals surface area contributed by atoms with Gasteiger partial charge in [0.25, 0.3) is 0 Å². The van der Waals surface area contributed by atoms with Crippen molar-refractivity contribution in [1.29, 1.82) is 0 Å². The van der Waals surface area contributed by atoms with Gasteiger partial charge in [-0.1, -0.05) is 0 Å². The number of imidazole rings is 1. The predicted molar refractivity (Wildman–Crippen MR) is 67.7 cm³/mol. The number of nitrogens with one attached hydrogen (secondary N) is 2. The van der Waals surface area contributed by atoms with Crippen LogP contribution in [0, 0.1) is 0 Å². The van der Waals surface area contributed by atoms with Crippen molar-refractivity contribution in [3.63, 3.8) is 0 Å². The molecule has 2 N–H and O–H groups in total. The largest absolute Gasteiger partial charge is 0.482 e. The van der Waals surface area contributed by atoms with Crippen LogP contribution >= 0.6 is 11.8 Å². The SMILES string of the molecule is CCOC(=O)COc1ccc2nc(NCl)[nH]c2c1. The van der Waals surface area contributed by atoms with E-state index in [0.29, 0.717) is 18.3 Å². The van der Waals surface area contributed by atoms with Gasteiger partial charge in [0.05, 0.1) is 17.6 Å². The zero-order valence-corrected chi connectivity index (χ0v) is 10.5. The third-order valence-electron chi connectivity index (χ3n) is 2.20. The van der Waals surface area contributed by atoms with E-state index < -0.39 is 5.97 Å². The number of hydrogen-bond donors (Lipinski definition) is 2. The number of fused-ring (bicyclic) bond motifs is 1. The Morgan fingerprint density at radius 3 is 3.11 bits per heavy atom. The number of H-pyrrole nitrogens is 1. The first kappa shape index (κ1) is 12.5. The smallest absolute Gasteiger partial charge is 0.344 e. The maximum atomic E-state index is 11.1. The lowest BCUT2D eigenvalue weighted by Crippen LogP contribution is -2.14. The van der Waals surface area contributed by atoms with Crippen molar-refractivity contribution in [2.75, 3.05) is 18.0 Å². The van der Waals surface area contributed by atoms with Gasteiger partial charge in [-0.05, 0) is 19.1 Å². The molecule has 0 aliphatic carbocycles. The highest BCUT2D eigenvalue weighted by Gasteiger charge is 2.06. The van der Waals surface area contributed by atoms with E-state index in [0.717, 1.165) is 11.0 Å². The van der Waals surface area contributed by atoms with Crippen molar-refractivity contribution in [3.8, 4) is 5.75 Å². The molecular formula is C11H12ClN3O3. The van der Waals surface area contributed by atoms with Crippen LogP contribution in [-0.4, -0.2) is 29.2 Å². The van der Waals surface area contributed by atoms with Crippen LogP contribution < -0.4 is 9.57 Å². The number of ether oxygens (including phenoxy) is 2. The van der Waals surface area contributed by atoms with Crippen LogP contribution in [0.3, 0.4) is 0 Å². The predicted octanol–water partition coefficient (Wildman–Crippen LogP) is 2.07. The summed E-state index contributed by atoms with van der Waals surface area (Å²) in [4.78, 5) is 20.6. The summed E-state index contributed by atoms with van der Waals surface area (Å²) in [5.41, 5.74) is 1.51. The van der Waals surface area contributed by atoms with Crippen LogP contribution in [0.5, 0.6) is 5.75 Å². The lowest BCUT2D eigenvalue weighted by Gasteiger charge is -2.05. The Labute approximate surface area is 108 Å². The van der Waals surface area contributed by atoms with Crippen molar-refractivity contribution in [1.82, 2.24) is 9.97 Å². The molecule has 1 aromatic heterocycles. The third kappa shape index (κ3) is 2.84. The molecule has 2 aromatic rings. The van der Waals surface area contributed by atoms with E-state index in [1.54, 1.807) is 25.1 Å². The number of aromatic nitrogens is 2. The number of hydrogen-bond acceptors (Lipinski definition) is 5. The number of carbonyl (C=O) groups is 1. The maximum absolute atomic E-state index is 11.1. The first-order chi connectivity index (χ1) is 8.72. The minimum atomic E-state index is -0.398. The molecule has 0 saturated carbocycles. The number of esters is 1. The summed E-state index contributed by atoms with van der Waals surface area (Å²) in [6.07, 6.45) is 0. The number of nitrogens with zero attached hydrogens (tertiary/aromatic N) is 1. The molecule has 0 fully saturated rings. The molecule has 6 nitrogen and oxygen atoms in total. The monoisotopic (exact) mass is 269 g/mol. The second kappa shape index (κ2) is 5.59. The van der Waals surface area contributed by atoms with Crippen LogP contribution in [0.2, 0.25) is 0 Å². The van der Waals surface area contributed by atoms with Gasteiger partial charge in [0, 0.05) is 17.8 Å². The number of anilines is 1. The first-order valence-corrected chi connectivity index (χ1v) is 5.75. The van der Waals surface area contributed by atoms with E-state index in [2.05, 4.69) is 14.8 Å². The fourth-order valence-corrected chi connectivity index (χ4v) is 1.56. The topological polar surface area (TPSA) is 76.2 Å². The second-order valence-electron chi connectivity index (χ2n) is 3.45. The Morgan fingerprint density at radius 2 is 2.39 bits per heavy atom. The minimum absolute atomic E-state index is 0.117. The summed E-state index contributed by atoms with van der Waals surface area (Å²) < 4.78 is 10.1. The Hall–Kier alpha value is -1.95. The van der Waals surface area contributed by atoms with Crippen LogP contribution in [0.1, 0.15) is 6.92 Å². The highest BCUT2D eigenvalue weighted by molar-refractivity contribution is 6.23. The number of carbonyl (C=O) groups excluding carboxylic acids is 1. The summed E-state index contributed by atoms with van der Waals surface area (Å²) in [6, 6.07) is 5.23. The van der Waals surface area contributed by atoms with E-state index in [-0.39, 0.29) is 6.61 Å². The van der Waals surface area contributed by atoms with Crippen LogP contribution in [0.4, 0.5) is 5.95 Å². The van der Waals surface area contributed by atoms with Crippen molar-refractivity contribution >= 4 is 34.7 Å². The van der Waals surface area contributed by atoms with Crippen molar-refractivity contribution < 1.29 is 14.3 Å². The molecule has 0 spiro atoms. The Morgan fingerprint density at radius 1 is 1.56 bits per heavy atom. The van der Waals surface area contributed by atoms with Gasteiger partial charge in [0.1, 0.15) is 5.75 Å². The molecule has 0 atom stereocenters. The number of benzene rings is 1. The number of rotatable bonds is 5. The highest BCUT2D eigenvalue weighted by Crippen LogP contribution is 2.20. The van der Waals surface area contributed by atoms with Crippen molar-refractivity contribution in [3.05, 3.63) is 18.2 Å². The molecular weight excluding hydrogens is 258 g/mol. The van der Waals surface area contributed by atoms with Crippen LogP contribution in [0.15, 0.2) is 18.2 Å². The number of aromatic amines is 1. The fourth-order valence-electron chi connectivity index (χ4n) is 1.47. The van der Waals surface area contributed by atoms with Gasteiger partial charge in [0.2, 0.25) is 5.95 Å². The van der Waals surface area contributed by atoms with E-state index >= 15 is 0 Å². The summed E-state index contributed by atoms with van der Waals surface area (Å²) in [5.74, 6) is 0.611. The molecule has 2 rings (SSSR count). The molecule has 0 unspecified atom stereocenters. The van der Waals surface area contributed by atoms with Gasteiger partial charge >= 0.3 is 5.97 Å². The van der Waals surface area contributed by atoms with E-state index in [1.807, 2.05) is 0 Å². The summed E-state index contributed by atoms with van der Waals surface area (Å²) in [7, 11) is 0. The van der Waals surface area contributed by atoms with Crippen molar-refractivity contribution in [2.45, 2.75) is 6.92 Å². The quantitative estimate of drug-likeness (QED) is 0.642. The molecule has 0 amide bonds. The molecule has 1 aromatic carbocycles. The molecule has 1 heterocycles. The zero-order valence-electron chi connectivity index (χ0n) is 9.70. The highest BCUT2D eigenvalue weighted by atomic mass is 35.5. The lowest BCUT2D eigenvalue weighted by atomic mass is 10.3. The van der Waals surface area contributed by atoms with Gasteiger partial charge in [-0.3, -0.25) is 4.84 Å². The standard InChI is InChI=1S/C11H12ClN3O3/c1-2-17-10(16)6-18-7-3-4-8-9(5-7)14-11(13-8)15-12/h3-5H,2,6H2,1H3,(H2,13,14,15). The Kier molecular flexibility index (Phi) is 3.88. The number of halogens is 1. The Bertz CT molecular complexity index is 555. The molecule has 0 radical (unpaired) electrons. The summed E-state index contributed by atoms with van der Waals surface area (Å²) in [5, 5.41) is 0. The van der Waals surface area contributed by atoms with E-state index in [9.17, 15) is 4.79 Å². The van der Waals surface area contributed by atoms with Gasteiger partial charge in [-0.2, -0.15) is 0 Å². The Balaban J connectivity index is 2.07. The molecule has 0 bridgehead atoms. The molecule has 0 aliphatic rings. The average molecular weight is 270 g/mol. The normalized spacial score (nSPS) is 10.3. The van der Waals surface area contributed by atoms with Gasteiger partial charge in [-0.25, -0.2) is 9.78 Å². The zero-order chi connectivity index (χ0) is 13.0. The molecule has 0 aliphatic heterocycles. The van der Waals surface area contributed by atoms with Crippen molar-refractivity contribution in [2.24, 2.45) is 0 Å². The van der Waals surface area contributed by atoms with E-state index in [1.165, 1.54) is 0 Å². The fraction of sp³-hybridized carbons (Fsp3) is 0.273. The van der Waals surface area contributed by atoms with Gasteiger partial charge in [0.15, 0.2) is 6.61 Å². The van der Waals surface area contributed by atoms with Gasteiger partial charge < -0.3 is 14.5 Å². The maximum Gasteiger partial charge on any atom is 0.344 e. The molecule has 18 heavy (non-hydrogen) atoms. The first-order valence-electron chi connectivity index (χ1n) is 5.37. The average Bonchev–Trinajstić information content (AvgIpc) is 2.78. The third-order valence-corrected chi connectivity index (χ3v) is 2.38. The van der Waals surface area contributed by atoms with Gasteiger partial charge in [-0.15, -0.1) is 0 Å². The summed E-state index contributed by atoms with van der Waals surface area (Å²) >= 11 is 5.44. The van der Waals surface area contributed by atoms with E-state index in [4.69, 9.17) is 21.3 Å². The van der Waals surface area contributed by atoms with Crippen LogP contribution in [-0.2, 0) is 9.53 Å².